The van der Waals surface area contributed by atoms with Crippen molar-refractivity contribution in [2.75, 3.05) is 44.3 Å². The lowest BCUT2D eigenvalue weighted by Crippen LogP contribution is -2.36. The van der Waals surface area contributed by atoms with Crippen LogP contribution in [-0.4, -0.2) is 74.5 Å². The molecular weight excluding hydrogens is 530 g/mol. The van der Waals surface area contributed by atoms with E-state index in [1.165, 1.54) is 10.4 Å². The van der Waals surface area contributed by atoms with E-state index in [1.807, 2.05) is 19.9 Å². The van der Waals surface area contributed by atoms with Gasteiger partial charge in [-0.25, -0.2) is 13.2 Å². The highest BCUT2D eigenvalue weighted by Gasteiger charge is 2.29. The molecule has 0 unspecified atom stereocenters. The first-order valence-electron chi connectivity index (χ1n) is 14.6. The lowest BCUT2D eigenvalue weighted by atomic mass is 10.1. The minimum absolute atomic E-state index is 0.0890. The van der Waals surface area contributed by atoms with Gasteiger partial charge in [0, 0.05) is 56.3 Å². The van der Waals surface area contributed by atoms with Crippen molar-refractivity contribution in [2.24, 2.45) is 0 Å². The van der Waals surface area contributed by atoms with Gasteiger partial charge in [0.2, 0.25) is 15.8 Å². The maximum atomic E-state index is 13.5. The Kier molecular flexibility index (Phi) is 8.97. The van der Waals surface area contributed by atoms with Crippen molar-refractivity contribution in [2.45, 2.75) is 82.8 Å². The number of piperidine rings is 2. The number of aryl methyl sites for hydroxylation is 1. The Morgan fingerprint density at radius 2 is 1.62 bits per heavy atom. The fraction of sp³-hybridized carbons (Fsp3) is 0.600. The molecule has 3 aliphatic heterocycles. The van der Waals surface area contributed by atoms with E-state index < -0.39 is 22.6 Å². The minimum atomic E-state index is -3.73. The summed E-state index contributed by atoms with van der Waals surface area (Å²) in [4.78, 5) is 28.8. The Morgan fingerprint density at radius 3 is 2.30 bits per heavy atom. The number of aromatic nitrogens is 1. The van der Waals surface area contributed by atoms with Gasteiger partial charge in [-0.15, -0.1) is 0 Å². The number of nitrogens with zero attached hydrogens (tertiary/aromatic N) is 3. The molecule has 1 aromatic heterocycles. The van der Waals surface area contributed by atoms with Crippen LogP contribution >= 0.6 is 0 Å². The molecule has 3 saturated heterocycles. The first-order valence-corrected chi connectivity index (χ1v) is 16.1. The number of carbonyl (C=O) groups is 2. The van der Waals surface area contributed by atoms with Crippen LogP contribution in [0.25, 0.3) is 0 Å². The molecular formula is C30H41N3O6S. The Bertz CT molecular complexity index is 1330. The molecule has 0 spiro atoms. The van der Waals surface area contributed by atoms with Gasteiger partial charge in [-0.05, 0) is 83.1 Å². The van der Waals surface area contributed by atoms with Crippen molar-refractivity contribution in [3.8, 4) is 0 Å². The van der Waals surface area contributed by atoms with Crippen LogP contribution in [0.4, 0.5) is 5.69 Å². The molecule has 9 nitrogen and oxygen atoms in total. The van der Waals surface area contributed by atoms with Crippen molar-refractivity contribution in [1.29, 1.82) is 0 Å². The number of hydrogen-bond acceptors (Lipinski definition) is 7. The predicted molar refractivity (Wildman–Crippen MR) is 153 cm³/mol. The maximum Gasteiger partial charge on any atom is 0.340 e. The number of sulfonamides is 1. The van der Waals surface area contributed by atoms with Crippen LogP contribution in [0, 0.1) is 13.8 Å². The third-order valence-electron chi connectivity index (χ3n) is 8.46. The number of benzene rings is 1. The van der Waals surface area contributed by atoms with E-state index in [4.69, 9.17) is 9.47 Å². The standard InChI is InChI=1S/C30H41N3O6S/c1-22-18-26(23(2)33(22)20-24-10-9-17-38-24)29(34)21-39-30(35)27-19-25(40(36,37)32-15-7-4-8-16-32)11-12-28(27)31-13-5-3-6-14-31/h11-12,18-19,24H,3-10,13-17,20-21H2,1-2H3/t24-/m0/s1. The average Bonchev–Trinajstić information content (AvgIpc) is 3.60. The molecule has 0 radical (unpaired) electrons. The SMILES string of the molecule is Cc1cc(C(=O)COC(=O)c2cc(S(=O)(=O)N3CCCCC3)ccc2N2CCCCC2)c(C)n1C[C@@H]1CCCO1. The summed E-state index contributed by atoms with van der Waals surface area (Å²) in [6, 6.07) is 6.59. The van der Waals surface area contributed by atoms with Crippen molar-refractivity contribution in [3.05, 3.63) is 46.8 Å². The molecule has 1 atom stereocenters. The molecule has 0 N–H and O–H groups in total. The van der Waals surface area contributed by atoms with Crippen molar-refractivity contribution in [1.82, 2.24) is 8.87 Å². The van der Waals surface area contributed by atoms with E-state index in [1.54, 1.807) is 12.1 Å². The Balaban J connectivity index is 1.35. The van der Waals surface area contributed by atoms with Crippen LogP contribution in [0.15, 0.2) is 29.2 Å². The molecule has 0 bridgehead atoms. The van der Waals surface area contributed by atoms with Crippen molar-refractivity contribution >= 4 is 27.5 Å². The molecule has 0 amide bonds. The minimum Gasteiger partial charge on any atom is -0.454 e. The topological polar surface area (TPSA) is 98.1 Å². The number of ether oxygens (including phenoxy) is 2. The van der Waals surface area contributed by atoms with Crippen LogP contribution in [-0.2, 0) is 26.0 Å². The van der Waals surface area contributed by atoms with Crippen molar-refractivity contribution < 1.29 is 27.5 Å². The van der Waals surface area contributed by atoms with Crippen molar-refractivity contribution in [3.63, 3.8) is 0 Å². The number of Topliss-reactive ketones (excluding diaryl/α,β-unsaturated/α-hetero) is 1. The average molecular weight is 572 g/mol. The zero-order valence-electron chi connectivity index (χ0n) is 23.7. The molecule has 1 aromatic carbocycles. The van der Waals surface area contributed by atoms with Crippen LogP contribution in [0.5, 0.6) is 0 Å². The predicted octanol–water partition coefficient (Wildman–Crippen LogP) is 4.49. The smallest absolute Gasteiger partial charge is 0.340 e. The number of anilines is 1. The number of rotatable bonds is 9. The number of hydrogen-bond donors (Lipinski definition) is 0. The fourth-order valence-corrected chi connectivity index (χ4v) is 7.69. The Labute approximate surface area is 237 Å². The number of esters is 1. The highest BCUT2D eigenvalue weighted by molar-refractivity contribution is 7.89. The van der Waals surface area contributed by atoms with Gasteiger partial charge in [-0.2, -0.15) is 4.31 Å². The third-order valence-corrected chi connectivity index (χ3v) is 10.4. The second-order valence-corrected chi connectivity index (χ2v) is 13.2. The summed E-state index contributed by atoms with van der Waals surface area (Å²) in [5.41, 5.74) is 3.17. The fourth-order valence-electron chi connectivity index (χ4n) is 6.15. The molecule has 40 heavy (non-hydrogen) atoms. The molecule has 2 aromatic rings. The highest BCUT2D eigenvalue weighted by Crippen LogP contribution is 2.30. The van der Waals surface area contributed by atoms with Gasteiger partial charge in [0.25, 0.3) is 0 Å². The molecule has 3 aliphatic rings. The Morgan fingerprint density at radius 1 is 0.925 bits per heavy atom. The number of carbonyl (C=O) groups excluding carboxylic acids is 2. The third kappa shape index (κ3) is 6.14. The van der Waals surface area contributed by atoms with E-state index in [0.717, 1.165) is 82.5 Å². The molecule has 0 aliphatic carbocycles. The van der Waals surface area contributed by atoms with Gasteiger partial charge in [0.1, 0.15) is 0 Å². The van der Waals surface area contributed by atoms with Gasteiger partial charge in [0.05, 0.1) is 22.3 Å². The van der Waals surface area contributed by atoms with E-state index in [9.17, 15) is 18.0 Å². The summed E-state index contributed by atoms with van der Waals surface area (Å²) in [7, 11) is -3.73. The lowest BCUT2D eigenvalue weighted by Gasteiger charge is -2.31. The number of ketones is 1. The van der Waals surface area contributed by atoms with Gasteiger partial charge < -0.3 is 18.9 Å². The normalized spacial score (nSPS) is 20.6. The first kappa shape index (κ1) is 28.8. The molecule has 10 heteroatoms. The van der Waals surface area contributed by atoms with Gasteiger partial charge in [0.15, 0.2) is 6.61 Å². The summed E-state index contributed by atoms with van der Waals surface area (Å²) >= 11 is 0. The second-order valence-electron chi connectivity index (χ2n) is 11.2. The zero-order chi connectivity index (χ0) is 28.3. The monoisotopic (exact) mass is 571 g/mol. The van der Waals surface area contributed by atoms with Crippen LogP contribution < -0.4 is 4.90 Å². The van der Waals surface area contributed by atoms with E-state index in [2.05, 4.69) is 9.47 Å². The summed E-state index contributed by atoms with van der Waals surface area (Å²) in [5.74, 6) is -0.963. The lowest BCUT2D eigenvalue weighted by molar-refractivity contribution is 0.0474. The summed E-state index contributed by atoms with van der Waals surface area (Å²) < 4.78 is 41.7. The summed E-state index contributed by atoms with van der Waals surface area (Å²) in [6.45, 7) is 7.46. The molecule has 4 heterocycles. The van der Waals surface area contributed by atoms with Crippen LogP contribution in [0.3, 0.4) is 0 Å². The van der Waals surface area contributed by atoms with E-state index in [0.29, 0.717) is 30.9 Å². The van der Waals surface area contributed by atoms with Crippen LogP contribution in [0.2, 0.25) is 0 Å². The molecule has 5 rings (SSSR count). The molecule has 218 valence electrons. The molecule has 0 saturated carbocycles. The Hall–Kier alpha value is -2.69. The quantitative estimate of drug-likeness (QED) is 0.323. The van der Waals surface area contributed by atoms with E-state index in [-0.39, 0.29) is 22.3 Å². The van der Waals surface area contributed by atoms with Crippen LogP contribution in [0.1, 0.15) is 83.5 Å². The van der Waals surface area contributed by atoms with Gasteiger partial charge in [-0.3, -0.25) is 4.79 Å². The highest BCUT2D eigenvalue weighted by atomic mass is 32.2. The van der Waals surface area contributed by atoms with Gasteiger partial charge >= 0.3 is 5.97 Å². The van der Waals surface area contributed by atoms with Gasteiger partial charge in [-0.1, -0.05) is 6.42 Å². The van der Waals surface area contributed by atoms with E-state index >= 15 is 0 Å². The summed E-state index contributed by atoms with van der Waals surface area (Å²) in [5, 5.41) is 0. The molecule has 3 fully saturated rings. The second kappa shape index (κ2) is 12.4. The largest absolute Gasteiger partial charge is 0.454 e. The maximum absolute atomic E-state index is 13.5. The first-order chi connectivity index (χ1) is 19.3. The zero-order valence-corrected chi connectivity index (χ0v) is 24.5. The summed E-state index contributed by atoms with van der Waals surface area (Å²) in [6.07, 6.45) is 8.00.